The monoisotopic (exact) mass is 337 g/mol. The van der Waals surface area contributed by atoms with Crippen molar-refractivity contribution in [3.63, 3.8) is 0 Å². The van der Waals surface area contributed by atoms with Gasteiger partial charge in [-0.05, 0) is 18.6 Å². The molecule has 20 heavy (non-hydrogen) atoms. The summed E-state index contributed by atoms with van der Waals surface area (Å²) in [4.78, 5) is 0. The van der Waals surface area contributed by atoms with Gasteiger partial charge in [-0.2, -0.15) is 0 Å². The van der Waals surface area contributed by atoms with Gasteiger partial charge in [-0.3, -0.25) is 5.10 Å². The molecule has 0 aliphatic carbocycles. The predicted molar refractivity (Wildman–Crippen MR) is 83.8 cm³/mol. The van der Waals surface area contributed by atoms with E-state index in [2.05, 4.69) is 63.5 Å². The molecule has 1 aromatic heterocycles. The Labute approximate surface area is 128 Å². The number of nitrogens with one attached hydrogen (secondary N) is 2. The van der Waals surface area contributed by atoms with Crippen LogP contribution in [-0.2, 0) is 13.2 Å². The Bertz CT molecular complexity index is 566. The second-order valence-corrected chi connectivity index (χ2v) is 5.99. The summed E-state index contributed by atoms with van der Waals surface area (Å²) in [6, 6.07) is 8.70. The molecule has 108 valence electrons. The molecule has 0 saturated heterocycles. The third-order valence-corrected chi connectivity index (χ3v) is 3.63. The lowest BCUT2D eigenvalue weighted by molar-refractivity contribution is 0.292. The van der Waals surface area contributed by atoms with Gasteiger partial charge in [0, 0.05) is 34.4 Å². The van der Waals surface area contributed by atoms with Crippen LogP contribution in [0, 0.1) is 6.92 Å². The van der Waals surface area contributed by atoms with Crippen LogP contribution in [0.3, 0.4) is 0 Å². The number of nitrogens with zero attached hydrogens (tertiary/aromatic N) is 1. The molecule has 0 fully saturated rings. The van der Waals surface area contributed by atoms with Gasteiger partial charge in [-0.1, -0.05) is 41.9 Å². The van der Waals surface area contributed by atoms with Crippen LogP contribution in [0.25, 0.3) is 0 Å². The van der Waals surface area contributed by atoms with Crippen LogP contribution in [0.1, 0.15) is 30.7 Å². The average Bonchev–Trinajstić information content (AvgIpc) is 2.81. The van der Waals surface area contributed by atoms with Crippen LogP contribution in [0.2, 0.25) is 0 Å². The van der Waals surface area contributed by atoms with E-state index in [0.29, 0.717) is 18.5 Å². The molecule has 1 heterocycles. The van der Waals surface area contributed by atoms with Gasteiger partial charge in [0.2, 0.25) is 5.88 Å². The van der Waals surface area contributed by atoms with Gasteiger partial charge in [0.25, 0.3) is 0 Å². The van der Waals surface area contributed by atoms with E-state index < -0.39 is 0 Å². The van der Waals surface area contributed by atoms with E-state index in [0.717, 1.165) is 22.3 Å². The van der Waals surface area contributed by atoms with E-state index in [4.69, 9.17) is 4.74 Å². The molecule has 1 aromatic carbocycles. The second kappa shape index (κ2) is 6.90. The summed E-state index contributed by atoms with van der Waals surface area (Å²) in [5.41, 5.74) is 3.36. The first-order chi connectivity index (χ1) is 9.54. The number of H-pyrrole nitrogens is 1. The lowest BCUT2D eigenvalue weighted by Crippen LogP contribution is -2.21. The Balaban J connectivity index is 1.95. The summed E-state index contributed by atoms with van der Waals surface area (Å²) in [7, 11) is 0. The van der Waals surface area contributed by atoms with Crippen LogP contribution in [0.5, 0.6) is 5.88 Å². The molecule has 0 saturated carbocycles. The fraction of sp³-hybridized carbons (Fsp3) is 0.400. The van der Waals surface area contributed by atoms with Crippen molar-refractivity contribution in [2.75, 3.05) is 0 Å². The van der Waals surface area contributed by atoms with Crippen molar-refractivity contribution >= 4 is 15.9 Å². The lowest BCUT2D eigenvalue weighted by Gasteiger charge is -2.10. The molecule has 0 unspecified atom stereocenters. The number of hydrogen-bond acceptors (Lipinski definition) is 3. The van der Waals surface area contributed by atoms with Gasteiger partial charge in [0.1, 0.15) is 6.61 Å². The fourth-order valence-electron chi connectivity index (χ4n) is 1.76. The highest BCUT2D eigenvalue weighted by Gasteiger charge is 2.05. The van der Waals surface area contributed by atoms with Gasteiger partial charge in [-0.25, -0.2) is 0 Å². The van der Waals surface area contributed by atoms with Gasteiger partial charge in [0.05, 0.1) is 0 Å². The maximum absolute atomic E-state index is 5.64. The Hall–Kier alpha value is -1.33. The number of halogens is 1. The van der Waals surface area contributed by atoms with Crippen LogP contribution < -0.4 is 10.1 Å². The molecule has 0 bridgehead atoms. The first-order valence-corrected chi connectivity index (χ1v) is 7.49. The average molecular weight is 338 g/mol. The molecule has 0 radical (unpaired) electrons. The minimum absolute atomic E-state index is 0.486. The molecule has 0 spiro atoms. The third kappa shape index (κ3) is 4.35. The largest absolute Gasteiger partial charge is 0.472 e. The summed E-state index contributed by atoms with van der Waals surface area (Å²) in [6.45, 7) is 7.61. The maximum Gasteiger partial charge on any atom is 0.233 e. The summed E-state index contributed by atoms with van der Waals surface area (Å²) in [6.07, 6.45) is 0. The van der Waals surface area contributed by atoms with Crippen molar-refractivity contribution in [3.05, 3.63) is 45.6 Å². The first-order valence-electron chi connectivity index (χ1n) is 6.70. The third-order valence-electron chi connectivity index (χ3n) is 2.89. The van der Waals surface area contributed by atoms with Crippen LogP contribution in [-0.4, -0.2) is 16.2 Å². The highest BCUT2D eigenvalue weighted by Crippen LogP contribution is 2.20. The molecule has 2 rings (SSSR count). The van der Waals surface area contributed by atoms with E-state index in [1.165, 1.54) is 5.56 Å². The zero-order chi connectivity index (χ0) is 14.5. The number of ether oxygens (including phenoxy) is 1. The smallest absolute Gasteiger partial charge is 0.233 e. The number of rotatable bonds is 6. The van der Waals surface area contributed by atoms with Crippen molar-refractivity contribution in [3.8, 4) is 5.88 Å². The standard InChI is InChI=1S/C15H20BrN3O/c1-10(2)17-8-12-4-5-13(14(16)7-12)9-20-15-6-11(3)18-19-15/h4-7,10,17H,8-9H2,1-3H3,(H,18,19). The Morgan fingerprint density at radius 2 is 2.15 bits per heavy atom. The topological polar surface area (TPSA) is 49.9 Å². The minimum atomic E-state index is 0.486. The highest BCUT2D eigenvalue weighted by molar-refractivity contribution is 9.10. The number of hydrogen-bond donors (Lipinski definition) is 2. The molecule has 0 atom stereocenters. The van der Waals surface area contributed by atoms with E-state index in [9.17, 15) is 0 Å². The molecule has 0 amide bonds. The van der Waals surface area contributed by atoms with Crippen LogP contribution in [0.4, 0.5) is 0 Å². The molecule has 2 aromatic rings. The fourth-order valence-corrected chi connectivity index (χ4v) is 2.30. The van der Waals surface area contributed by atoms with Gasteiger partial charge >= 0.3 is 0 Å². The van der Waals surface area contributed by atoms with Crippen LogP contribution in [0.15, 0.2) is 28.7 Å². The maximum atomic E-state index is 5.64. The zero-order valence-electron chi connectivity index (χ0n) is 12.0. The van der Waals surface area contributed by atoms with Crippen molar-refractivity contribution in [1.29, 1.82) is 0 Å². The SMILES string of the molecule is Cc1cc(OCc2ccc(CNC(C)C)cc2Br)n[nH]1. The van der Waals surface area contributed by atoms with Crippen molar-refractivity contribution in [2.24, 2.45) is 0 Å². The molecule has 4 nitrogen and oxygen atoms in total. The number of benzene rings is 1. The Morgan fingerprint density at radius 1 is 1.35 bits per heavy atom. The predicted octanol–water partition coefficient (Wildman–Crippen LogP) is 3.56. The molecule has 2 N–H and O–H groups in total. The molecular formula is C15H20BrN3O. The summed E-state index contributed by atoms with van der Waals surface area (Å²) < 4.78 is 6.71. The first kappa shape index (κ1) is 15.1. The van der Waals surface area contributed by atoms with E-state index in [1.54, 1.807) is 0 Å². The zero-order valence-corrected chi connectivity index (χ0v) is 13.6. The number of aromatic amines is 1. The van der Waals surface area contributed by atoms with E-state index >= 15 is 0 Å². The van der Waals surface area contributed by atoms with Gasteiger partial charge < -0.3 is 10.1 Å². The number of aryl methyl sites for hydroxylation is 1. The van der Waals surface area contributed by atoms with E-state index in [-0.39, 0.29) is 0 Å². The Kier molecular flexibility index (Phi) is 5.20. The normalized spacial score (nSPS) is 11.1. The van der Waals surface area contributed by atoms with Gasteiger partial charge in [0.15, 0.2) is 0 Å². The van der Waals surface area contributed by atoms with E-state index in [1.807, 2.05) is 13.0 Å². The lowest BCUT2D eigenvalue weighted by atomic mass is 10.1. The quantitative estimate of drug-likeness (QED) is 0.847. The minimum Gasteiger partial charge on any atom is -0.472 e. The second-order valence-electron chi connectivity index (χ2n) is 5.14. The summed E-state index contributed by atoms with van der Waals surface area (Å²) >= 11 is 3.60. The van der Waals surface area contributed by atoms with Crippen molar-refractivity contribution < 1.29 is 4.74 Å². The van der Waals surface area contributed by atoms with Crippen molar-refractivity contribution in [2.45, 2.75) is 40.0 Å². The highest BCUT2D eigenvalue weighted by atomic mass is 79.9. The van der Waals surface area contributed by atoms with Gasteiger partial charge in [-0.15, -0.1) is 5.10 Å². The van der Waals surface area contributed by atoms with Crippen molar-refractivity contribution in [1.82, 2.24) is 15.5 Å². The number of aromatic nitrogens is 2. The molecule has 5 heteroatoms. The van der Waals surface area contributed by atoms with Crippen LogP contribution >= 0.6 is 15.9 Å². The molecule has 0 aliphatic rings. The molecule has 0 aliphatic heterocycles. The Morgan fingerprint density at radius 3 is 2.75 bits per heavy atom. The molecular weight excluding hydrogens is 318 g/mol. The summed E-state index contributed by atoms with van der Waals surface area (Å²) in [5, 5.41) is 10.3. The summed E-state index contributed by atoms with van der Waals surface area (Å²) in [5.74, 6) is 0.625.